The number of benzene rings is 2. The molecule has 1 unspecified atom stereocenters. The van der Waals surface area contributed by atoms with E-state index < -0.39 is 0 Å². The van der Waals surface area contributed by atoms with Crippen LogP contribution in [0.1, 0.15) is 34.0 Å². The van der Waals surface area contributed by atoms with Crippen molar-refractivity contribution < 1.29 is 23.8 Å². The normalized spacial score (nSPS) is 18.0. The Hall–Kier alpha value is -3.02. The summed E-state index contributed by atoms with van der Waals surface area (Å²) in [4.78, 5) is 17.5. The highest BCUT2D eigenvalue weighted by molar-refractivity contribution is 6.09. The number of esters is 1. The van der Waals surface area contributed by atoms with Gasteiger partial charge in [0.1, 0.15) is 0 Å². The van der Waals surface area contributed by atoms with Gasteiger partial charge in [0.05, 0.1) is 18.4 Å². The molecule has 0 spiro atoms. The monoisotopic (exact) mass is 325 g/mol. The number of oxime groups is 1. The molecule has 2 aliphatic rings. The van der Waals surface area contributed by atoms with Gasteiger partial charge in [-0.1, -0.05) is 29.4 Å². The van der Waals surface area contributed by atoms with Gasteiger partial charge in [0.15, 0.2) is 17.6 Å². The molecule has 0 aromatic heterocycles. The third kappa shape index (κ3) is 2.46. The number of hydrogen-bond donors (Lipinski definition) is 0. The van der Waals surface area contributed by atoms with Crippen LogP contribution < -0.4 is 9.47 Å². The first-order chi connectivity index (χ1) is 11.8. The minimum atomic E-state index is -0.389. The second-order valence-electron chi connectivity index (χ2n) is 5.49. The molecule has 6 nitrogen and oxygen atoms in total. The molecule has 122 valence electrons. The molecule has 0 N–H and O–H groups in total. The first kappa shape index (κ1) is 14.6. The molecule has 0 saturated carbocycles. The number of methoxy groups -OCH3 is 1. The first-order valence-electron chi connectivity index (χ1n) is 7.56. The van der Waals surface area contributed by atoms with Crippen LogP contribution in [-0.4, -0.2) is 25.6 Å². The Kier molecular flexibility index (Phi) is 3.57. The van der Waals surface area contributed by atoms with Gasteiger partial charge in [0.2, 0.25) is 6.79 Å². The number of nitrogens with zero attached hydrogens (tertiary/aromatic N) is 1. The SMILES string of the molecule is COC(=O)c1ccccc1C1=NOC(c2ccc3c(c2)OCO3)C1. The van der Waals surface area contributed by atoms with Crippen molar-refractivity contribution in [3.63, 3.8) is 0 Å². The minimum Gasteiger partial charge on any atom is -0.465 e. The summed E-state index contributed by atoms with van der Waals surface area (Å²) < 4.78 is 15.5. The van der Waals surface area contributed by atoms with E-state index in [-0.39, 0.29) is 18.9 Å². The van der Waals surface area contributed by atoms with E-state index in [1.165, 1.54) is 7.11 Å². The summed E-state index contributed by atoms with van der Waals surface area (Å²) in [6.45, 7) is 0.235. The summed E-state index contributed by atoms with van der Waals surface area (Å²) in [6, 6.07) is 12.9. The maximum Gasteiger partial charge on any atom is 0.338 e. The van der Waals surface area contributed by atoms with Crippen LogP contribution >= 0.6 is 0 Å². The quantitative estimate of drug-likeness (QED) is 0.811. The topological polar surface area (TPSA) is 66.4 Å². The molecule has 0 aliphatic carbocycles. The van der Waals surface area contributed by atoms with Crippen molar-refractivity contribution >= 4 is 11.7 Å². The van der Waals surface area contributed by atoms with Crippen molar-refractivity contribution in [3.8, 4) is 11.5 Å². The van der Waals surface area contributed by atoms with E-state index in [0.29, 0.717) is 17.7 Å². The largest absolute Gasteiger partial charge is 0.465 e. The summed E-state index contributed by atoms with van der Waals surface area (Å²) in [6.07, 6.45) is 0.341. The molecule has 24 heavy (non-hydrogen) atoms. The zero-order valence-electron chi connectivity index (χ0n) is 13.0. The van der Waals surface area contributed by atoms with Crippen molar-refractivity contribution in [2.24, 2.45) is 5.16 Å². The maximum absolute atomic E-state index is 11.9. The minimum absolute atomic E-state index is 0.222. The molecule has 1 atom stereocenters. The Balaban J connectivity index is 1.58. The molecular weight excluding hydrogens is 310 g/mol. The van der Waals surface area contributed by atoms with Crippen molar-refractivity contribution in [2.75, 3.05) is 13.9 Å². The zero-order valence-corrected chi connectivity index (χ0v) is 13.0. The van der Waals surface area contributed by atoms with Crippen molar-refractivity contribution in [3.05, 3.63) is 59.2 Å². The van der Waals surface area contributed by atoms with Crippen LogP contribution in [-0.2, 0) is 9.57 Å². The lowest BCUT2D eigenvalue weighted by Gasteiger charge is -2.09. The summed E-state index contributed by atoms with van der Waals surface area (Å²) in [5.74, 6) is 1.05. The fraction of sp³-hybridized carbons (Fsp3) is 0.222. The fourth-order valence-corrected chi connectivity index (χ4v) is 2.85. The van der Waals surface area contributed by atoms with Gasteiger partial charge >= 0.3 is 5.97 Å². The predicted octanol–water partition coefficient (Wildman–Crippen LogP) is 3.07. The maximum atomic E-state index is 11.9. The average molecular weight is 325 g/mol. The molecule has 6 heteroatoms. The molecule has 2 aliphatic heterocycles. The van der Waals surface area contributed by atoms with Crippen molar-refractivity contribution in [1.29, 1.82) is 0 Å². The van der Waals surface area contributed by atoms with E-state index in [9.17, 15) is 4.79 Å². The molecule has 2 aromatic rings. The van der Waals surface area contributed by atoms with E-state index in [4.69, 9.17) is 19.0 Å². The van der Waals surface area contributed by atoms with Gasteiger partial charge in [-0.05, 0) is 23.8 Å². The van der Waals surface area contributed by atoms with Crippen LogP contribution in [0.2, 0.25) is 0 Å². The number of ether oxygens (including phenoxy) is 3. The van der Waals surface area contributed by atoms with Gasteiger partial charge in [0.25, 0.3) is 0 Å². The van der Waals surface area contributed by atoms with Gasteiger partial charge in [0, 0.05) is 12.0 Å². The van der Waals surface area contributed by atoms with E-state index in [1.807, 2.05) is 30.3 Å². The van der Waals surface area contributed by atoms with Crippen molar-refractivity contribution in [2.45, 2.75) is 12.5 Å². The highest BCUT2D eigenvalue weighted by atomic mass is 16.7. The van der Waals surface area contributed by atoms with Crippen molar-refractivity contribution in [1.82, 2.24) is 0 Å². The Morgan fingerprint density at radius 3 is 2.88 bits per heavy atom. The Morgan fingerprint density at radius 1 is 1.17 bits per heavy atom. The van der Waals surface area contributed by atoms with Gasteiger partial charge < -0.3 is 19.0 Å². The number of fused-ring (bicyclic) bond motifs is 1. The van der Waals surface area contributed by atoms with Gasteiger partial charge in [-0.2, -0.15) is 0 Å². The van der Waals surface area contributed by atoms with E-state index in [0.717, 1.165) is 22.6 Å². The van der Waals surface area contributed by atoms with E-state index in [2.05, 4.69) is 5.16 Å². The highest BCUT2D eigenvalue weighted by Crippen LogP contribution is 2.38. The van der Waals surface area contributed by atoms with E-state index in [1.54, 1.807) is 12.1 Å². The fourth-order valence-electron chi connectivity index (χ4n) is 2.85. The smallest absolute Gasteiger partial charge is 0.338 e. The number of rotatable bonds is 3. The van der Waals surface area contributed by atoms with Gasteiger partial charge in [-0.3, -0.25) is 0 Å². The molecule has 0 saturated heterocycles. The number of carbonyl (C=O) groups is 1. The summed E-state index contributed by atoms with van der Waals surface area (Å²) in [5, 5.41) is 4.17. The average Bonchev–Trinajstić information content (AvgIpc) is 3.29. The van der Waals surface area contributed by atoms with Gasteiger partial charge in [-0.25, -0.2) is 4.79 Å². The molecule has 0 amide bonds. The first-order valence-corrected chi connectivity index (χ1v) is 7.56. The molecule has 4 rings (SSSR count). The molecule has 0 bridgehead atoms. The van der Waals surface area contributed by atoms with Crippen LogP contribution in [0.3, 0.4) is 0 Å². The second-order valence-corrected chi connectivity index (χ2v) is 5.49. The molecule has 2 aromatic carbocycles. The van der Waals surface area contributed by atoms with Crippen LogP contribution in [0.5, 0.6) is 11.5 Å². The summed E-state index contributed by atoms with van der Waals surface area (Å²) in [5.41, 5.74) is 2.88. The van der Waals surface area contributed by atoms with Crippen LogP contribution in [0, 0.1) is 0 Å². The van der Waals surface area contributed by atoms with Crippen LogP contribution in [0.25, 0.3) is 0 Å². The summed E-state index contributed by atoms with van der Waals surface area (Å²) in [7, 11) is 1.36. The number of carbonyl (C=O) groups excluding carboxylic acids is 1. The summed E-state index contributed by atoms with van der Waals surface area (Å²) >= 11 is 0. The number of hydrogen-bond acceptors (Lipinski definition) is 6. The third-order valence-corrected chi connectivity index (χ3v) is 4.08. The van der Waals surface area contributed by atoms with E-state index >= 15 is 0 Å². The predicted molar refractivity (Wildman–Crippen MR) is 85.3 cm³/mol. The Morgan fingerprint density at radius 2 is 2.00 bits per heavy atom. The molecular formula is C18H15NO5. The zero-order chi connectivity index (χ0) is 16.5. The molecule has 0 radical (unpaired) electrons. The third-order valence-electron chi connectivity index (χ3n) is 4.08. The second kappa shape index (κ2) is 5.88. The molecule has 2 heterocycles. The highest BCUT2D eigenvalue weighted by Gasteiger charge is 2.28. The van der Waals surface area contributed by atoms with Crippen LogP contribution in [0.4, 0.5) is 0 Å². The lowest BCUT2D eigenvalue weighted by atomic mass is 9.96. The molecule has 0 fully saturated rings. The lowest BCUT2D eigenvalue weighted by molar-refractivity contribution is 0.0600. The Labute approximate surface area is 138 Å². The van der Waals surface area contributed by atoms with Crippen LogP contribution in [0.15, 0.2) is 47.6 Å². The van der Waals surface area contributed by atoms with Gasteiger partial charge in [-0.15, -0.1) is 0 Å². The Bertz CT molecular complexity index is 830. The lowest BCUT2D eigenvalue weighted by Crippen LogP contribution is -2.10. The standard InChI is InChI=1S/C18H15NO5/c1-21-18(20)13-5-3-2-4-12(13)14-9-16(24-19-14)11-6-7-15-17(8-11)23-10-22-15/h2-8,16H,9-10H2,1H3.